The summed E-state index contributed by atoms with van der Waals surface area (Å²) in [7, 11) is 1.48. The van der Waals surface area contributed by atoms with Crippen molar-refractivity contribution < 1.29 is 33.0 Å². The van der Waals surface area contributed by atoms with Gasteiger partial charge in [-0.05, 0) is 18.2 Å². The standard InChI is InChI=1S/C23H28ClF2N5O5/c1-23(25,26)22(34)30-19(27)13-3-4-18(28-10-13)20(32)29-11-16-12-36-6-5-31(16)21(33)14-7-15(24)9-17(8-14)35-2/h3-4,7-10,16,18,22,28,34H,5-6,11-12H2,1-2H3,(H2,27,30)(H,29,32)/t16-,18?,22?/m1/s1. The zero-order valence-corrected chi connectivity index (χ0v) is 20.4. The molecule has 2 aliphatic heterocycles. The molecular formula is C23H28ClF2N5O5. The number of nitrogens with zero attached hydrogens (tertiary/aromatic N) is 1. The third-order valence-electron chi connectivity index (χ3n) is 5.57. The van der Waals surface area contributed by atoms with E-state index in [1.54, 1.807) is 23.1 Å². The second-order valence-corrected chi connectivity index (χ2v) is 8.77. The zero-order valence-electron chi connectivity index (χ0n) is 19.7. The quantitative estimate of drug-likeness (QED) is 0.195. The highest BCUT2D eigenvalue weighted by molar-refractivity contribution is 6.31. The molecule has 0 spiro atoms. The second-order valence-electron chi connectivity index (χ2n) is 8.33. The number of alkyl halides is 2. The van der Waals surface area contributed by atoms with Gasteiger partial charge in [-0.1, -0.05) is 23.8 Å². The van der Waals surface area contributed by atoms with Crippen LogP contribution in [0.15, 0.2) is 42.1 Å². The Hall–Kier alpha value is -3.22. The van der Waals surface area contributed by atoms with E-state index in [0.717, 1.165) is 0 Å². The monoisotopic (exact) mass is 527 g/mol. The average molecular weight is 528 g/mol. The zero-order chi connectivity index (χ0) is 26.5. The fourth-order valence-corrected chi connectivity index (χ4v) is 3.76. The lowest BCUT2D eigenvalue weighted by Gasteiger charge is -2.36. The average Bonchev–Trinajstić information content (AvgIpc) is 2.86. The van der Waals surface area contributed by atoms with E-state index in [1.165, 1.54) is 25.5 Å². The van der Waals surface area contributed by atoms with Crippen LogP contribution < -0.4 is 20.7 Å². The van der Waals surface area contributed by atoms with E-state index in [1.807, 2.05) is 5.32 Å². The molecule has 2 unspecified atom stereocenters. The van der Waals surface area contributed by atoms with Gasteiger partial charge in [-0.2, -0.15) is 0 Å². The molecule has 2 heterocycles. The van der Waals surface area contributed by atoms with E-state index < -0.39 is 36.0 Å². The number of morpholine rings is 1. The highest BCUT2D eigenvalue weighted by Crippen LogP contribution is 2.23. The molecule has 13 heteroatoms. The number of amides is 2. The van der Waals surface area contributed by atoms with Gasteiger partial charge in [0, 0.05) is 42.4 Å². The summed E-state index contributed by atoms with van der Waals surface area (Å²) in [5.74, 6) is -4.08. The van der Waals surface area contributed by atoms with Gasteiger partial charge in [-0.25, -0.2) is 8.78 Å². The summed E-state index contributed by atoms with van der Waals surface area (Å²) in [5, 5.41) is 25.1. The summed E-state index contributed by atoms with van der Waals surface area (Å²) in [4.78, 5) is 27.4. The van der Waals surface area contributed by atoms with Crippen molar-refractivity contribution >= 4 is 29.3 Å². The molecule has 3 rings (SSSR count). The van der Waals surface area contributed by atoms with E-state index in [-0.39, 0.29) is 24.6 Å². The maximum absolute atomic E-state index is 13.1. The minimum absolute atomic E-state index is 0.125. The number of carbonyl (C=O) groups is 2. The lowest BCUT2D eigenvalue weighted by molar-refractivity contribution is -0.122. The van der Waals surface area contributed by atoms with Gasteiger partial charge in [0.2, 0.25) is 5.91 Å². The SMILES string of the molecule is COc1cc(Cl)cc(C(=O)N2CCOC[C@H]2CNC(=O)C2C=CC(C(=N)NC(O)C(C)(F)F)=CN2)c1. The Labute approximate surface area is 211 Å². The maximum Gasteiger partial charge on any atom is 0.288 e. The molecule has 196 valence electrons. The number of halogens is 3. The van der Waals surface area contributed by atoms with Gasteiger partial charge in [-0.3, -0.25) is 15.0 Å². The summed E-state index contributed by atoms with van der Waals surface area (Å²) >= 11 is 6.10. The molecule has 1 fully saturated rings. The lowest BCUT2D eigenvalue weighted by Crippen LogP contribution is -2.55. The van der Waals surface area contributed by atoms with Gasteiger partial charge < -0.3 is 35.4 Å². The first-order valence-electron chi connectivity index (χ1n) is 11.1. The highest BCUT2D eigenvalue weighted by Gasteiger charge is 2.33. The number of benzene rings is 1. The largest absolute Gasteiger partial charge is 0.497 e. The molecule has 1 aromatic carbocycles. The van der Waals surface area contributed by atoms with Gasteiger partial charge >= 0.3 is 0 Å². The molecule has 1 aromatic rings. The number of carbonyl (C=O) groups excluding carboxylic acids is 2. The van der Waals surface area contributed by atoms with Gasteiger partial charge in [0.05, 0.1) is 26.4 Å². The molecule has 3 atom stereocenters. The third kappa shape index (κ3) is 6.93. The molecule has 2 amide bonds. The molecule has 2 aliphatic rings. The number of dihydropyridines is 1. The normalized spacial score (nSPS) is 20.6. The summed E-state index contributed by atoms with van der Waals surface area (Å²) in [5.41, 5.74) is 0.533. The Morgan fingerprint density at radius 2 is 2.17 bits per heavy atom. The van der Waals surface area contributed by atoms with Crippen molar-refractivity contribution in [3.8, 4) is 5.75 Å². The number of aliphatic hydroxyl groups is 1. The summed E-state index contributed by atoms with van der Waals surface area (Å²) in [6.45, 7) is 1.57. The van der Waals surface area contributed by atoms with Crippen LogP contribution >= 0.6 is 11.6 Å². The second kappa shape index (κ2) is 11.7. The van der Waals surface area contributed by atoms with Crippen LogP contribution in [0.5, 0.6) is 5.75 Å². The van der Waals surface area contributed by atoms with Gasteiger partial charge in [0.15, 0.2) is 6.23 Å². The molecule has 10 nitrogen and oxygen atoms in total. The van der Waals surface area contributed by atoms with Crippen LogP contribution in [0.1, 0.15) is 17.3 Å². The topological polar surface area (TPSA) is 136 Å². The fourth-order valence-electron chi connectivity index (χ4n) is 3.54. The Balaban J connectivity index is 1.56. The minimum atomic E-state index is -3.43. The Bertz CT molecular complexity index is 1060. The third-order valence-corrected chi connectivity index (χ3v) is 5.79. The van der Waals surface area contributed by atoms with Crippen molar-refractivity contribution in [1.82, 2.24) is 20.9 Å². The van der Waals surface area contributed by atoms with Crippen LogP contribution in [0.2, 0.25) is 5.02 Å². The van der Waals surface area contributed by atoms with Crippen LogP contribution in [-0.2, 0) is 9.53 Å². The van der Waals surface area contributed by atoms with Crippen LogP contribution in [0.4, 0.5) is 8.78 Å². The molecule has 0 saturated carbocycles. The first kappa shape index (κ1) is 27.4. The fraction of sp³-hybridized carbons (Fsp3) is 0.435. The van der Waals surface area contributed by atoms with Gasteiger partial charge in [-0.15, -0.1) is 0 Å². The van der Waals surface area contributed by atoms with E-state index in [0.29, 0.717) is 36.4 Å². The van der Waals surface area contributed by atoms with E-state index >= 15 is 0 Å². The predicted molar refractivity (Wildman–Crippen MR) is 128 cm³/mol. The predicted octanol–water partition coefficient (Wildman–Crippen LogP) is 1.26. The molecule has 0 aliphatic carbocycles. The van der Waals surface area contributed by atoms with Crippen LogP contribution in [0, 0.1) is 5.41 Å². The van der Waals surface area contributed by atoms with E-state index in [2.05, 4.69) is 10.6 Å². The molecule has 1 saturated heterocycles. The van der Waals surface area contributed by atoms with Crippen molar-refractivity contribution in [2.45, 2.75) is 31.2 Å². The molecule has 0 radical (unpaired) electrons. The summed E-state index contributed by atoms with van der Waals surface area (Å²) in [6.07, 6.45) is 1.95. The molecular weight excluding hydrogens is 500 g/mol. The van der Waals surface area contributed by atoms with E-state index in [9.17, 15) is 23.5 Å². The first-order valence-corrected chi connectivity index (χ1v) is 11.4. The smallest absolute Gasteiger partial charge is 0.288 e. The summed E-state index contributed by atoms with van der Waals surface area (Å²) < 4.78 is 36.9. The first-order chi connectivity index (χ1) is 17.0. The van der Waals surface area contributed by atoms with E-state index in [4.69, 9.17) is 26.5 Å². The molecule has 0 bridgehead atoms. The number of amidine groups is 1. The number of ether oxygens (including phenoxy) is 2. The molecule has 0 aromatic heterocycles. The minimum Gasteiger partial charge on any atom is -0.497 e. The number of methoxy groups -OCH3 is 1. The Morgan fingerprint density at radius 3 is 2.81 bits per heavy atom. The highest BCUT2D eigenvalue weighted by atomic mass is 35.5. The van der Waals surface area contributed by atoms with Crippen LogP contribution in [0.3, 0.4) is 0 Å². The molecule has 36 heavy (non-hydrogen) atoms. The number of hydrogen-bond acceptors (Lipinski definition) is 7. The Morgan fingerprint density at radius 1 is 1.42 bits per heavy atom. The number of nitrogens with one attached hydrogen (secondary N) is 4. The van der Waals surface area contributed by atoms with Crippen LogP contribution in [-0.4, -0.2) is 85.3 Å². The van der Waals surface area contributed by atoms with Crippen molar-refractivity contribution in [2.24, 2.45) is 0 Å². The van der Waals surface area contributed by atoms with Crippen molar-refractivity contribution in [2.75, 3.05) is 33.4 Å². The van der Waals surface area contributed by atoms with Crippen molar-refractivity contribution in [3.63, 3.8) is 0 Å². The number of aliphatic hydroxyl groups excluding tert-OH is 1. The van der Waals surface area contributed by atoms with Crippen molar-refractivity contribution in [3.05, 3.63) is 52.7 Å². The molecule has 5 N–H and O–H groups in total. The number of hydrogen-bond donors (Lipinski definition) is 5. The Kier molecular flexibility index (Phi) is 8.88. The van der Waals surface area contributed by atoms with Gasteiger partial charge in [0.25, 0.3) is 11.8 Å². The summed E-state index contributed by atoms with van der Waals surface area (Å²) in [6, 6.07) is 3.52. The van der Waals surface area contributed by atoms with Crippen molar-refractivity contribution in [1.29, 1.82) is 5.41 Å². The van der Waals surface area contributed by atoms with Crippen LogP contribution in [0.25, 0.3) is 0 Å². The lowest BCUT2D eigenvalue weighted by atomic mass is 10.1. The number of rotatable bonds is 8. The maximum atomic E-state index is 13.1. The van der Waals surface area contributed by atoms with Gasteiger partial charge in [0.1, 0.15) is 17.6 Å².